The van der Waals surface area contributed by atoms with Crippen LogP contribution in [0.25, 0.3) is 11.1 Å². The molecule has 0 saturated heterocycles. The summed E-state index contributed by atoms with van der Waals surface area (Å²) >= 11 is 0. The third-order valence-electron chi connectivity index (χ3n) is 3.73. The van der Waals surface area contributed by atoms with Gasteiger partial charge in [-0.25, -0.2) is 0 Å². The Labute approximate surface area is 129 Å². The third-order valence-corrected chi connectivity index (χ3v) is 3.73. The molecule has 0 bridgehead atoms. The van der Waals surface area contributed by atoms with Crippen LogP contribution in [-0.4, -0.2) is 24.0 Å². The molecular formula is C18H19NO3. The Morgan fingerprint density at radius 2 is 1.86 bits per heavy atom. The van der Waals surface area contributed by atoms with E-state index in [9.17, 15) is 9.59 Å². The molecule has 1 atom stereocenters. The average molecular weight is 297 g/mol. The van der Waals surface area contributed by atoms with Gasteiger partial charge in [-0.15, -0.1) is 0 Å². The summed E-state index contributed by atoms with van der Waals surface area (Å²) in [7, 11) is 0. The molecule has 1 aliphatic rings. The van der Waals surface area contributed by atoms with Gasteiger partial charge in [-0.3, -0.25) is 9.59 Å². The summed E-state index contributed by atoms with van der Waals surface area (Å²) in [6.07, 6.45) is 0.341. The van der Waals surface area contributed by atoms with Crippen molar-refractivity contribution in [2.75, 3.05) is 6.54 Å². The summed E-state index contributed by atoms with van der Waals surface area (Å²) in [4.78, 5) is 18.9. The fourth-order valence-corrected chi connectivity index (χ4v) is 2.70. The van der Waals surface area contributed by atoms with E-state index in [-0.39, 0.29) is 6.54 Å². The van der Waals surface area contributed by atoms with Crippen LogP contribution in [0.5, 0.6) is 0 Å². The summed E-state index contributed by atoms with van der Waals surface area (Å²) in [5.41, 5.74) is 7.14. The van der Waals surface area contributed by atoms with Gasteiger partial charge in [0.2, 0.25) is 6.41 Å². The Morgan fingerprint density at radius 3 is 2.50 bits per heavy atom. The van der Waals surface area contributed by atoms with Crippen molar-refractivity contribution in [3.8, 4) is 11.1 Å². The van der Waals surface area contributed by atoms with Gasteiger partial charge >= 0.3 is 5.97 Å². The monoisotopic (exact) mass is 297 g/mol. The van der Waals surface area contributed by atoms with Crippen LogP contribution in [-0.2, 0) is 9.59 Å². The van der Waals surface area contributed by atoms with Crippen LogP contribution >= 0.6 is 0 Å². The van der Waals surface area contributed by atoms with E-state index < -0.39 is 5.97 Å². The number of benzene rings is 2. The van der Waals surface area contributed by atoms with Gasteiger partial charge in [-0.1, -0.05) is 55.0 Å². The lowest BCUT2D eigenvalue weighted by molar-refractivity contribution is -0.136. The number of amides is 1. The number of carboxylic acids is 1. The van der Waals surface area contributed by atoms with Gasteiger partial charge < -0.3 is 10.4 Å². The predicted molar refractivity (Wildman–Crippen MR) is 85.8 cm³/mol. The number of fused-ring (bicyclic) bond motifs is 3. The minimum Gasteiger partial charge on any atom is -0.480 e. The summed E-state index contributed by atoms with van der Waals surface area (Å²) in [5, 5.41) is 9.79. The van der Waals surface area contributed by atoms with E-state index in [1.54, 1.807) is 0 Å². The summed E-state index contributed by atoms with van der Waals surface area (Å²) < 4.78 is 0. The zero-order valence-electron chi connectivity index (χ0n) is 12.7. The van der Waals surface area contributed by atoms with Crippen molar-refractivity contribution >= 4 is 12.4 Å². The van der Waals surface area contributed by atoms with Crippen molar-refractivity contribution in [1.82, 2.24) is 5.32 Å². The molecule has 0 radical (unpaired) electrons. The minimum atomic E-state index is -1.04. The number of carbonyl (C=O) groups excluding carboxylic acids is 1. The third kappa shape index (κ3) is 3.34. The fraction of sp³-hybridized carbons (Fsp3) is 0.222. The van der Waals surface area contributed by atoms with E-state index in [4.69, 9.17) is 5.11 Å². The van der Waals surface area contributed by atoms with E-state index in [0.717, 1.165) is 0 Å². The lowest BCUT2D eigenvalue weighted by Crippen LogP contribution is -2.20. The molecule has 0 saturated carbocycles. The molecule has 2 N–H and O–H groups in total. The van der Waals surface area contributed by atoms with Crippen molar-refractivity contribution in [3.05, 3.63) is 59.2 Å². The summed E-state index contributed by atoms with van der Waals surface area (Å²) in [6.45, 7) is 4.15. The van der Waals surface area contributed by atoms with Gasteiger partial charge in [0.05, 0.1) is 0 Å². The fourth-order valence-electron chi connectivity index (χ4n) is 2.70. The molecule has 3 rings (SSSR count). The lowest BCUT2D eigenvalue weighted by atomic mass is 9.99. The molecule has 2 aromatic carbocycles. The van der Waals surface area contributed by atoms with Gasteiger partial charge in [0.15, 0.2) is 0 Å². The second-order valence-corrected chi connectivity index (χ2v) is 5.29. The number of aryl methyl sites for hydroxylation is 1. The molecule has 22 heavy (non-hydrogen) atoms. The lowest BCUT2D eigenvalue weighted by Gasteiger charge is -2.05. The Kier molecular flexibility index (Phi) is 4.94. The standard InChI is InChI=1S/C15H14.C3H5NO3/c1-10-7-8-13-11(2)12-5-3-4-6-14(12)15(13)9-10;5-2-4-1-3(6)7/h3-9,11H,1-2H3;2H,1H2,(H,4,5)(H,6,7). The second-order valence-electron chi connectivity index (χ2n) is 5.29. The number of hydrogen-bond donors (Lipinski definition) is 2. The molecule has 4 nitrogen and oxygen atoms in total. The maximum Gasteiger partial charge on any atom is 0.322 e. The van der Waals surface area contributed by atoms with Crippen molar-refractivity contribution in [2.45, 2.75) is 19.8 Å². The highest BCUT2D eigenvalue weighted by Gasteiger charge is 2.24. The SMILES string of the molecule is Cc1ccc2c(c1)-c1ccccc1C2C.O=CNCC(=O)O. The van der Waals surface area contributed by atoms with Crippen LogP contribution < -0.4 is 5.32 Å². The van der Waals surface area contributed by atoms with Gasteiger partial charge in [-0.05, 0) is 29.2 Å². The van der Waals surface area contributed by atoms with Gasteiger partial charge in [0.1, 0.15) is 6.54 Å². The molecule has 0 heterocycles. The first-order chi connectivity index (χ1) is 10.5. The van der Waals surface area contributed by atoms with Crippen molar-refractivity contribution in [1.29, 1.82) is 0 Å². The Hall–Kier alpha value is -2.62. The maximum atomic E-state index is 9.54. The summed E-state index contributed by atoms with van der Waals surface area (Å²) in [5.74, 6) is -0.482. The van der Waals surface area contributed by atoms with Gasteiger partial charge in [-0.2, -0.15) is 0 Å². The molecule has 0 aromatic heterocycles. The van der Waals surface area contributed by atoms with Crippen molar-refractivity contribution < 1.29 is 14.7 Å². The van der Waals surface area contributed by atoms with E-state index in [2.05, 4.69) is 56.3 Å². The zero-order valence-corrected chi connectivity index (χ0v) is 12.7. The Balaban J connectivity index is 0.000000217. The normalized spacial score (nSPS) is 14.2. The molecule has 0 spiro atoms. The van der Waals surface area contributed by atoms with Crippen LogP contribution in [0, 0.1) is 6.92 Å². The molecule has 0 fully saturated rings. The largest absolute Gasteiger partial charge is 0.480 e. The molecule has 4 heteroatoms. The van der Waals surface area contributed by atoms with Crippen molar-refractivity contribution in [3.63, 3.8) is 0 Å². The molecule has 0 aliphatic heterocycles. The quantitative estimate of drug-likeness (QED) is 0.856. The molecule has 1 amide bonds. The number of hydrogen-bond acceptors (Lipinski definition) is 2. The van der Waals surface area contributed by atoms with E-state index in [0.29, 0.717) is 12.3 Å². The van der Waals surface area contributed by atoms with Gasteiger partial charge in [0.25, 0.3) is 0 Å². The highest BCUT2D eigenvalue weighted by Crippen LogP contribution is 2.44. The summed E-state index contributed by atoms with van der Waals surface area (Å²) in [6, 6.07) is 15.5. The van der Waals surface area contributed by atoms with Crippen LogP contribution in [0.2, 0.25) is 0 Å². The van der Waals surface area contributed by atoms with Crippen molar-refractivity contribution in [2.24, 2.45) is 0 Å². The highest BCUT2D eigenvalue weighted by molar-refractivity contribution is 5.79. The van der Waals surface area contributed by atoms with E-state index in [1.165, 1.54) is 27.8 Å². The van der Waals surface area contributed by atoms with Crippen LogP contribution in [0.4, 0.5) is 0 Å². The smallest absolute Gasteiger partial charge is 0.322 e. The molecular weight excluding hydrogens is 278 g/mol. The predicted octanol–water partition coefficient (Wildman–Crippen LogP) is 2.94. The average Bonchev–Trinajstić information content (AvgIpc) is 2.79. The second kappa shape index (κ2) is 6.89. The molecule has 1 aliphatic carbocycles. The molecule has 2 aromatic rings. The van der Waals surface area contributed by atoms with Crippen LogP contribution in [0.1, 0.15) is 29.5 Å². The first kappa shape index (κ1) is 15.8. The minimum absolute atomic E-state index is 0.302. The number of carbonyl (C=O) groups is 2. The number of aliphatic carboxylic acids is 1. The number of carboxylic acid groups (broad SMARTS) is 1. The highest BCUT2D eigenvalue weighted by atomic mass is 16.4. The topological polar surface area (TPSA) is 66.4 Å². The Morgan fingerprint density at radius 1 is 1.18 bits per heavy atom. The number of nitrogens with one attached hydrogen (secondary N) is 1. The first-order valence-corrected chi connectivity index (χ1v) is 7.13. The van der Waals surface area contributed by atoms with Gasteiger partial charge in [0, 0.05) is 5.92 Å². The van der Waals surface area contributed by atoms with Crippen LogP contribution in [0.15, 0.2) is 42.5 Å². The van der Waals surface area contributed by atoms with E-state index >= 15 is 0 Å². The molecule has 1 unspecified atom stereocenters. The van der Waals surface area contributed by atoms with Crippen LogP contribution in [0.3, 0.4) is 0 Å². The zero-order chi connectivity index (χ0) is 16.1. The Bertz CT molecular complexity index is 694. The van der Waals surface area contributed by atoms with E-state index in [1.807, 2.05) is 5.32 Å². The molecule has 114 valence electrons. The number of rotatable bonds is 3. The first-order valence-electron chi connectivity index (χ1n) is 7.13. The maximum absolute atomic E-state index is 9.54.